The average molecular weight is 287 g/mol. The highest BCUT2D eigenvalue weighted by Gasteiger charge is 2.33. The van der Waals surface area contributed by atoms with Crippen LogP contribution in [0.25, 0.3) is 0 Å². The Morgan fingerprint density at radius 2 is 1.95 bits per heavy atom. The van der Waals surface area contributed by atoms with Crippen molar-refractivity contribution in [2.75, 3.05) is 13.1 Å². The third-order valence-corrected chi connectivity index (χ3v) is 3.24. The second kappa shape index (κ2) is 5.12. The Balaban J connectivity index is 2.21. The number of aliphatic hydroxyl groups is 2. The van der Waals surface area contributed by atoms with Gasteiger partial charge in [-0.3, -0.25) is 14.9 Å². The summed E-state index contributed by atoms with van der Waals surface area (Å²) in [5.41, 5.74) is -0.100. The van der Waals surface area contributed by atoms with Gasteiger partial charge in [-0.25, -0.2) is 0 Å². The summed E-state index contributed by atoms with van der Waals surface area (Å²) in [5, 5.41) is 29.2. The number of carbonyl (C=O) groups excluding carboxylic acids is 1. The Bertz CT molecular complexity index is 526. The molecule has 0 radical (unpaired) electrons. The van der Waals surface area contributed by atoms with E-state index in [0.717, 1.165) is 6.07 Å². The highest BCUT2D eigenvalue weighted by molar-refractivity contribution is 6.33. The van der Waals surface area contributed by atoms with E-state index >= 15 is 0 Å². The summed E-state index contributed by atoms with van der Waals surface area (Å²) in [6.07, 6.45) is -1.95. The van der Waals surface area contributed by atoms with Gasteiger partial charge in [0.1, 0.15) is 5.02 Å². The number of halogens is 1. The molecule has 8 heteroatoms. The molecule has 1 aliphatic rings. The van der Waals surface area contributed by atoms with Crippen LogP contribution in [0.3, 0.4) is 0 Å². The molecule has 7 nitrogen and oxygen atoms in total. The zero-order valence-electron chi connectivity index (χ0n) is 9.69. The van der Waals surface area contributed by atoms with Crippen molar-refractivity contribution in [3.8, 4) is 0 Å². The van der Waals surface area contributed by atoms with Crippen LogP contribution in [0.5, 0.6) is 0 Å². The van der Waals surface area contributed by atoms with Gasteiger partial charge < -0.3 is 15.1 Å². The molecule has 0 aromatic heterocycles. The Morgan fingerprint density at radius 1 is 1.37 bits per heavy atom. The van der Waals surface area contributed by atoms with Crippen molar-refractivity contribution >= 4 is 23.2 Å². The number of amides is 1. The number of nitro benzene ring substituents is 1. The van der Waals surface area contributed by atoms with Gasteiger partial charge in [-0.05, 0) is 12.1 Å². The van der Waals surface area contributed by atoms with E-state index in [2.05, 4.69) is 0 Å². The molecule has 0 saturated carbocycles. The minimum Gasteiger partial charge on any atom is -0.388 e. The number of carbonyl (C=O) groups is 1. The van der Waals surface area contributed by atoms with E-state index in [1.54, 1.807) is 0 Å². The monoisotopic (exact) mass is 286 g/mol. The van der Waals surface area contributed by atoms with Gasteiger partial charge in [-0.2, -0.15) is 0 Å². The molecular formula is C11H11ClN2O5. The highest BCUT2D eigenvalue weighted by Crippen LogP contribution is 2.26. The molecule has 2 N–H and O–H groups in total. The summed E-state index contributed by atoms with van der Waals surface area (Å²) < 4.78 is 0. The fourth-order valence-electron chi connectivity index (χ4n) is 1.91. The second-order valence-electron chi connectivity index (χ2n) is 4.27. The number of rotatable bonds is 2. The van der Waals surface area contributed by atoms with Gasteiger partial charge in [0, 0.05) is 24.7 Å². The molecule has 2 atom stereocenters. The lowest BCUT2D eigenvalue weighted by Crippen LogP contribution is -2.29. The molecule has 0 spiro atoms. The molecule has 1 saturated heterocycles. The molecule has 19 heavy (non-hydrogen) atoms. The smallest absolute Gasteiger partial charge is 0.287 e. The first-order valence-corrected chi connectivity index (χ1v) is 5.87. The Labute approximate surface area is 113 Å². The predicted octanol–water partition coefficient (Wildman–Crippen LogP) is 0.426. The molecule has 102 valence electrons. The predicted molar refractivity (Wildman–Crippen MR) is 66.0 cm³/mol. The summed E-state index contributed by atoms with van der Waals surface area (Å²) in [7, 11) is 0. The van der Waals surface area contributed by atoms with Crippen LogP contribution in [0.2, 0.25) is 5.02 Å². The fraction of sp³-hybridized carbons (Fsp3) is 0.364. The van der Waals surface area contributed by atoms with Gasteiger partial charge >= 0.3 is 0 Å². The number of likely N-dealkylation sites (tertiary alicyclic amines) is 1. The molecule has 1 fully saturated rings. The maximum absolute atomic E-state index is 12.0. The molecule has 1 amide bonds. The van der Waals surface area contributed by atoms with Gasteiger partial charge in [0.05, 0.1) is 17.1 Å². The summed E-state index contributed by atoms with van der Waals surface area (Å²) in [4.78, 5) is 23.3. The van der Waals surface area contributed by atoms with Crippen molar-refractivity contribution in [2.24, 2.45) is 0 Å². The first kappa shape index (κ1) is 13.7. The molecule has 1 aromatic rings. The summed E-state index contributed by atoms with van der Waals surface area (Å²) in [6, 6.07) is 3.65. The molecule has 1 heterocycles. The number of β-amino-alcohol motifs (C(OH)–C–C–N with tert-alkyl or cyclic N) is 2. The van der Waals surface area contributed by atoms with Crippen molar-refractivity contribution < 1.29 is 19.9 Å². The van der Waals surface area contributed by atoms with E-state index < -0.39 is 23.0 Å². The first-order chi connectivity index (χ1) is 8.90. The summed E-state index contributed by atoms with van der Waals surface area (Å²) >= 11 is 5.72. The standard InChI is InChI=1S/C11H11ClN2O5/c12-7-3-6(1-2-8(7)14(18)19)11(17)13-4-9(15)10(16)5-13/h1-3,9-10,15-16H,4-5H2/t9-,10+. The van der Waals surface area contributed by atoms with E-state index in [0.29, 0.717) is 0 Å². The van der Waals surface area contributed by atoms with Crippen molar-refractivity contribution in [3.05, 3.63) is 38.9 Å². The quantitative estimate of drug-likeness (QED) is 0.606. The normalized spacial score (nSPS) is 22.6. The van der Waals surface area contributed by atoms with Gasteiger partial charge in [0.15, 0.2) is 0 Å². The van der Waals surface area contributed by atoms with Crippen LogP contribution in [-0.2, 0) is 0 Å². The van der Waals surface area contributed by atoms with Crippen LogP contribution in [0, 0.1) is 10.1 Å². The van der Waals surface area contributed by atoms with E-state index in [9.17, 15) is 25.1 Å². The molecule has 0 unspecified atom stereocenters. The Morgan fingerprint density at radius 3 is 2.42 bits per heavy atom. The van der Waals surface area contributed by atoms with Gasteiger partial charge in [0.25, 0.3) is 11.6 Å². The number of aliphatic hydroxyl groups excluding tert-OH is 2. The zero-order chi connectivity index (χ0) is 14.2. The van der Waals surface area contributed by atoms with E-state index in [4.69, 9.17) is 11.6 Å². The minimum atomic E-state index is -0.975. The second-order valence-corrected chi connectivity index (χ2v) is 4.68. The lowest BCUT2D eigenvalue weighted by molar-refractivity contribution is -0.384. The van der Waals surface area contributed by atoms with Crippen molar-refractivity contribution in [2.45, 2.75) is 12.2 Å². The fourth-order valence-corrected chi connectivity index (χ4v) is 2.16. The third kappa shape index (κ3) is 2.67. The van der Waals surface area contributed by atoms with Crippen LogP contribution in [0.4, 0.5) is 5.69 Å². The van der Waals surface area contributed by atoms with E-state index in [-0.39, 0.29) is 29.4 Å². The lowest BCUT2D eigenvalue weighted by atomic mass is 10.2. The van der Waals surface area contributed by atoms with Gasteiger partial charge in [0.2, 0.25) is 0 Å². The molecule has 2 rings (SSSR count). The first-order valence-electron chi connectivity index (χ1n) is 5.49. The van der Waals surface area contributed by atoms with Crippen molar-refractivity contribution in [1.82, 2.24) is 4.90 Å². The van der Waals surface area contributed by atoms with E-state index in [1.807, 2.05) is 0 Å². The molecular weight excluding hydrogens is 276 g/mol. The van der Waals surface area contributed by atoms with Crippen LogP contribution in [0.1, 0.15) is 10.4 Å². The lowest BCUT2D eigenvalue weighted by Gasteiger charge is -2.15. The van der Waals surface area contributed by atoms with Crippen LogP contribution < -0.4 is 0 Å². The molecule has 0 aliphatic carbocycles. The summed E-state index contributed by atoms with van der Waals surface area (Å²) in [6.45, 7) is 0.0449. The Hall–Kier alpha value is -1.70. The third-order valence-electron chi connectivity index (χ3n) is 2.94. The SMILES string of the molecule is O=C(c1ccc([N+](=O)[O-])c(Cl)c1)N1C[C@@H](O)[C@@H](O)C1. The minimum absolute atomic E-state index is 0.0224. The van der Waals surface area contributed by atoms with Crippen LogP contribution in [-0.4, -0.2) is 51.2 Å². The van der Waals surface area contributed by atoms with Crippen molar-refractivity contribution in [3.63, 3.8) is 0 Å². The van der Waals surface area contributed by atoms with Crippen LogP contribution >= 0.6 is 11.6 Å². The number of nitro groups is 1. The Kier molecular flexibility index (Phi) is 3.70. The highest BCUT2D eigenvalue weighted by atomic mass is 35.5. The number of hydrogen-bond acceptors (Lipinski definition) is 5. The zero-order valence-corrected chi connectivity index (χ0v) is 10.4. The van der Waals surface area contributed by atoms with E-state index in [1.165, 1.54) is 17.0 Å². The van der Waals surface area contributed by atoms with Gasteiger partial charge in [-0.15, -0.1) is 0 Å². The van der Waals surface area contributed by atoms with Gasteiger partial charge in [-0.1, -0.05) is 11.6 Å². The van der Waals surface area contributed by atoms with Crippen molar-refractivity contribution in [1.29, 1.82) is 0 Å². The maximum atomic E-state index is 12.0. The number of benzene rings is 1. The summed E-state index contributed by atoms with van der Waals surface area (Å²) in [5.74, 6) is -0.438. The molecule has 1 aliphatic heterocycles. The molecule has 0 bridgehead atoms. The topological polar surface area (TPSA) is 104 Å². The maximum Gasteiger partial charge on any atom is 0.287 e. The largest absolute Gasteiger partial charge is 0.388 e. The number of nitrogens with zero attached hydrogens (tertiary/aromatic N) is 2. The van der Waals surface area contributed by atoms with Crippen LogP contribution in [0.15, 0.2) is 18.2 Å². The molecule has 1 aromatic carbocycles. The average Bonchev–Trinajstić information content (AvgIpc) is 2.68. The number of hydrogen-bond donors (Lipinski definition) is 2.